The molecule has 21 heavy (non-hydrogen) atoms. The summed E-state index contributed by atoms with van der Waals surface area (Å²) in [5.74, 6) is 0. The summed E-state index contributed by atoms with van der Waals surface area (Å²) in [5.41, 5.74) is 3.01. The van der Waals surface area contributed by atoms with Crippen LogP contribution in [0.5, 0.6) is 0 Å². The van der Waals surface area contributed by atoms with E-state index in [0.29, 0.717) is 0 Å². The van der Waals surface area contributed by atoms with E-state index in [1.54, 1.807) is 6.08 Å². The quantitative estimate of drug-likeness (QED) is 0.614. The summed E-state index contributed by atoms with van der Waals surface area (Å²) in [6.45, 7) is 2.10. The molecular weight excluding hydrogens is 260 g/mol. The first-order chi connectivity index (χ1) is 10.2. The molecule has 0 amide bonds. The van der Waals surface area contributed by atoms with Crippen LogP contribution in [-0.4, -0.2) is 16.3 Å². The van der Waals surface area contributed by atoms with Crippen LogP contribution >= 0.6 is 0 Å². The molecule has 2 N–H and O–H groups in total. The van der Waals surface area contributed by atoms with E-state index in [2.05, 4.69) is 37.3 Å². The summed E-state index contributed by atoms with van der Waals surface area (Å²) in [6, 6.07) is 14.5. The molecule has 2 atom stereocenters. The van der Waals surface area contributed by atoms with Crippen LogP contribution in [0.1, 0.15) is 22.8 Å². The summed E-state index contributed by atoms with van der Waals surface area (Å²) in [6.07, 6.45) is 1.84. The summed E-state index contributed by atoms with van der Waals surface area (Å²) >= 11 is 0. The lowest BCUT2D eigenvalue weighted by atomic mass is 9.85. The van der Waals surface area contributed by atoms with Gasteiger partial charge in [-0.2, -0.15) is 0 Å². The van der Waals surface area contributed by atoms with Crippen LogP contribution in [0.15, 0.2) is 48.5 Å². The fourth-order valence-electron chi connectivity index (χ4n) is 3.41. The first-order valence-corrected chi connectivity index (χ1v) is 7.16. The molecule has 0 fully saturated rings. The summed E-state index contributed by atoms with van der Waals surface area (Å²) < 4.78 is 0. The van der Waals surface area contributed by atoms with Gasteiger partial charge in [-0.3, -0.25) is 0 Å². The van der Waals surface area contributed by atoms with Crippen molar-refractivity contribution in [3.63, 3.8) is 0 Å². The van der Waals surface area contributed by atoms with Crippen LogP contribution in [0, 0.1) is 6.92 Å². The molecule has 1 aliphatic rings. The third-order valence-corrected chi connectivity index (χ3v) is 4.39. The van der Waals surface area contributed by atoms with E-state index in [4.69, 9.17) is 0 Å². The van der Waals surface area contributed by atoms with Crippen LogP contribution in [0.3, 0.4) is 0 Å². The number of rotatable bonds is 0. The Labute approximate surface area is 123 Å². The van der Waals surface area contributed by atoms with Crippen molar-refractivity contribution in [3.8, 4) is 0 Å². The van der Waals surface area contributed by atoms with Gasteiger partial charge in [-0.1, -0.05) is 54.6 Å². The highest BCUT2D eigenvalue weighted by Crippen LogP contribution is 2.38. The van der Waals surface area contributed by atoms with Gasteiger partial charge in [-0.05, 0) is 45.2 Å². The molecule has 1 aliphatic carbocycles. The second kappa shape index (κ2) is 4.42. The molecule has 0 saturated carbocycles. The molecular formula is C19H16O2. The minimum Gasteiger partial charge on any atom is -0.386 e. The molecule has 0 spiro atoms. The Morgan fingerprint density at radius 1 is 0.952 bits per heavy atom. The third-order valence-electron chi connectivity index (χ3n) is 4.39. The van der Waals surface area contributed by atoms with Crippen LogP contribution < -0.4 is 0 Å². The average Bonchev–Trinajstić information content (AvgIpc) is 2.50. The van der Waals surface area contributed by atoms with Gasteiger partial charge in [0.05, 0.1) is 0 Å². The fraction of sp³-hybridized carbons (Fsp3) is 0.158. The maximum atomic E-state index is 10.4. The zero-order chi connectivity index (χ0) is 14.6. The summed E-state index contributed by atoms with van der Waals surface area (Å²) in [4.78, 5) is 0. The van der Waals surface area contributed by atoms with E-state index in [1.165, 1.54) is 16.3 Å². The van der Waals surface area contributed by atoms with Gasteiger partial charge >= 0.3 is 0 Å². The monoisotopic (exact) mass is 276 g/mol. The van der Waals surface area contributed by atoms with Crippen molar-refractivity contribution >= 4 is 27.6 Å². The summed E-state index contributed by atoms with van der Waals surface area (Å²) in [5, 5.41) is 24.9. The smallest absolute Gasteiger partial charge is 0.110 e. The van der Waals surface area contributed by atoms with Crippen molar-refractivity contribution in [3.05, 3.63) is 65.2 Å². The maximum Gasteiger partial charge on any atom is 0.110 e. The number of hydrogen-bond donors (Lipinski definition) is 2. The van der Waals surface area contributed by atoms with Gasteiger partial charge in [-0.15, -0.1) is 0 Å². The van der Waals surface area contributed by atoms with Crippen molar-refractivity contribution in [1.29, 1.82) is 0 Å². The molecule has 2 unspecified atom stereocenters. The van der Waals surface area contributed by atoms with Gasteiger partial charge in [0, 0.05) is 0 Å². The second-order valence-corrected chi connectivity index (χ2v) is 5.70. The minimum absolute atomic E-state index is 0.830. The molecule has 3 aromatic carbocycles. The van der Waals surface area contributed by atoms with Gasteiger partial charge in [0.25, 0.3) is 0 Å². The molecule has 3 aromatic rings. The molecule has 0 saturated heterocycles. The minimum atomic E-state index is -0.866. The van der Waals surface area contributed by atoms with Crippen molar-refractivity contribution in [2.75, 3.05) is 0 Å². The molecule has 0 aliphatic heterocycles. The molecule has 104 valence electrons. The van der Waals surface area contributed by atoms with Crippen molar-refractivity contribution in [2.45, 2.75) is 19.1 Å². The number of aliphatic hydroxyl groups is 2. The van der Waals surface area contributed by atoms with Crippen LogP contribution in [-0.2, 0) is 0 Å². The number of aryl methyl sites for hydroxylation is 1. The van der Waals surface area contributed by atoms with Gasteiger partial charge in [0.1, 0.15) is 12.2 Å². The average molecular weight is 276 g/mol. The molecule has 0 heterocycles. The second-order valence-electron chi connectivity index (χ2n) is 5.70. The lowest BCUT2D eigenvalue weighted by molar-refractivity contribution is 0.0480. The molecule has 2 nitrogen and oxygen atoms in total. The normalized spacial score (nSPS) is 20.9. The third kappa shape index (κ3) is 1.73. The Kier molecular flexibility index (Phi) is 2.64. The highest BCUT2D eigenvalue weighted by molar-refractivity contribution is 6.11. The van der Waals surface area contributed by atoms with E-state index in [9.17, 15) is 10.2 Å². The number of hydrogen-bond acceptors (Lipinski definition) is 2. The Morgan fingerprint density at radius 3 is 2.62 bits per heavy atom. The molecule has 0 radical (unpaired) electrons. The highest BCUT2D eigenvalue weighted by Gasteiger charge is 2.25. The predicted molar refractivity (Wildman–Crippen MR) is 86.2 cm³/mol. The van der Waals surface area contributed by atoms with Gasteiger partial charge < -0.3 is 10.2 Å². The van der Waals surface area contributed by atoms with Gasteiger partial charge in [0.2, 0.25) is 0 Å². The van der Waals surface area contributed by atoms with Gasteiger partial charge in [-0.25, -0.2) is 0 Å². The van der Waals surface area contributed by atoms with Crippen LogP contribution in [0.2, 0.25) is 0 Å². The Balaban J connectivity index is 2.21. The van der Waals surface area contributed by atoms with E-state index < -0.39 is 12.2 Å². The molecule has 4 rings (SSSR count). The largest absolute Gasteiger partial charge is 0.386 e. The Morgan fingerprint density at radius 2 is 1.76 bits per heavy atom. The van der Waals surface area contributed by atoms with Crippen LogP contribution in [0.4, 0.5) is 0 Å². The number of fused-ring (bicyclic) bond motifs is 5. The SMILES string of the molecule is Cc1cc2c(c3ccc4ccccc4c13)C(O)C(O)C=C2. The highest BCUT2D eigenvalue weighted by atomic mass is 16.3. The van der Waals surface area contributed by atoms with Crippen LogP contribution in [0.25, 0.3) is 27.6 Å². The standard InChI is InChI=1S/C19H16O2/c1-11-10-13-7-9-16(20)19(21)18(13)15-8-6-12-4-2-3-5-14(12)17(11)15/h2-10,16,19-21H,1H3. The predicted octanol–water partition coefficient (Wildman–Crippen LogP) is 3.72. The zero-order valence-corrected chi connectivity index (χ0v) is 11.7. The van der Waals surface area contributed by atoms with Crippen molar-refractivity contribution < 1.29 is 10.2 Å². The molecule has 0 aromatic heterocycles. The van der Waals surface area contributed by atoms with E-state index in [1.807, 2.05) is 18.2 Å². The van der Waals surface area contributed by atoms with Crippen molar-refractivity contribution in [2.24, 2.45) is 0 Å². The van der Waals surface area contributed by atoms with E-state index in [-0.39, 0.29) is 0 Å². The first kappa shape index (κ1) is 12.6. The van der Waals surface area contributed by atoms with E-state index >= 15 is 0 Å². The Hall–Kier alpha value is -2.16. The van der Waals surface area contributed by atoms with Gasteiger partial charge in [0.15, 0.2) is 0 Å². The zero-order valence-electron chi connectivity index (χ0n) is 11.7. The molecule has 2 heteroatoms. The summed E-state index contributed by atoms with van der Waals surface area (Å²) in [7, 11) is 0. The lowest BCUT2D eigenvalue weighted by Gasteiger charge is -2.25. The topological polar surface area (TPSA) is 40.5 Å². The first-order valence-electron chi connectivity index (χ1n) is 7.16. The number of benzene rings is 3. The lowest BCUT2D eigenvalue weighted by Crippen LogP contribution is -2.20. The molecule has 0 bridgehead atoms. The van der Waals surface area contributed by atoms with E-state index in [0.717, 1.165) is 21.9 Å². The maximum absolute atomic E-state index is 10.4. The number of aliphatic hydroxyl groups excluding tert-OH is 2. The Bertz CT molecular complexity index is 893. The van der Waals surface area contributed by atoms with Crippen molar-refractivity contribution in [1.82, 2.24) is 0 Å². The fourth-order valence-corrected chi connectivity index (χ4v) is 3.41.